The average molecular weight is 462 g/mol. The second-order valence-electron chi connectivity index (χ2n) is 5.55. The summed E-state index contributed by atoms with van der Waals surface area (Å²) < 4.78 is 18.5. The normalized spacial score (nSPS) is 10.2. The Bertz CT molecular complexity index is 1040. The predicted octanol–water partition coefficient (Wildman–Crippen LogP) is 4.56. The highest BCUT2D eigenvalue weighted by atomic mass is 79.9. The second-order valence-corrected chi connectivity index (χ2v) is 6.74. The van der Waals surface area contributed by atoms with E-state index < -0.39 is 5.91 Å². The van der Waals surface area contributed by atoms with E-state index in [0.717, 1.165) is 0 Å². The molecule has 1 aromatic heterocycles. The molecule has 6 nitrogen and oxygen atoms in total. The number of benzene rings is 2. The van der Waals surface area contributed by atoms with Crippen molar-refractivity contribution in [3.63, 3.8) is 0 Å². The number of halogens is 2. The number of furan rings is 1. The Hall–Kier alpha value is -3.04. The molecule has 2 aromatic carbocycles. The Balaban J connectivity index is 1.62. The molecule has 3 rings (SSSR count). The zero-order valence-electron chi connectivity index (χ0n) is 14.2. The Morgan fingerprint density at radius 1 is 0.929 bits per heavy atom. The number of rotatable bonds is 4. The van der Waals surface area contributed by atoms with Crippen LogP contribution in [0.25, 0.3) is 0 Å². The smallest absolute Gasteiger partial charge is 0.293 e. The van der Waals surface area contributed by atoms with E-state index in [9.17, 15) is 14.0 Å². The van der Waals surface area contributed by atoms with Crippen molar-refractivity contribution in [1.29, 1.82) is 0 Å². The molecule has 0 aliphatic carbocycles. The van der Waals surface area contributed by atoms with E-state index in [4.69, 9.17) is 16.6 Å². The zero-order valence-corrected chi connectivity index (χ0v) is 16.6. The molecule has 0 saturated carbocycles. The van der Waals surface area contributed by atoms with Crippen molar-refractivity contribution in [3.8, 4) is 0 Å². The average Bonchev–Trinajstić information content (AvgIpc) is 3.10. The predicted molar refractivity (Wildman–Crippen MR) is 111 cm³/mol. The monoisotopic (exact) mass is 461 g/mol. The summed E-state index contributed by atoms with van der Waals surface area (Å²) in [5.74, 6) is -1.16. The van der Waals surface area contributed by atoms with Crippen LogP contribution in [-0.2, 0) is 0 Å². The summed E-state index contributed by atoms with van der Waals surface area (Å²) in [4.78, 5) is 24.4. The van der Waals surface area contributed by atoms with Gasteiger partial charge in [-0.2, -0.15) is 0 Å². The minimum atomic E-state index is -0.506. The van der Waals surface area contributed by atoms with Crippen LogP contribution in [0.4, 0.5) is 15.8 Å². The molecule has 0 radical (unpaired) electrons. The van der Waals surface area contributed by atoms with Crippen LogP contribution in [-0.4, -0.2) is 16.9 Å². The van der Waals surface area contributed by atoms with Crippen LogP contribution in [0.5, 0.6) is 0 Å². The van der Waals surface area contributed by atoms with Gasteiger partial charge >= 0.3 is 0 Å². The third-order valence-corrected chi connectivity index (χ3v) is 4.14. The highest BCUT2D eigenvalue weighted by molar-refractivity contribution is 9.10. The van der Waals surface area contributed by atoms with Gasteiger partial charge in [0.1, 0.15) is 5.82 Å². The lowest BCUT2D eigenvalue weighted by molar-refractivity contribution is 0.0948. The van der Waals surface area contributed by atoms with Gasteiger partial charge in [0.05, 0.1) is 0 Å². The Morgan fingerprint density at radius 2 is 1.68 bits per heavy atom. The van der Waals surface area contributed by atoms with E-state index in [-0.39, 0.29) is 22.6 Å². The fourth-order valence-corrected chi connectivity index (χ4v) is 2.76. The highest BCUT2D eigenvalue weighted by Gasteiger charge is 2.13. The Kier molecular flexibility index (Phi) is 6.17. The van der Waals surface area contributed by atoms with Crippen LogP contribution >= 0.6 is 28.1 Å². The summed E-state index contributed by atoms with van der Waals surface area (Å²) in [6.45, 7) is 0. The first kappa shape index (κ1) is 19.7. The van der Waals surface area contributed by atoms with Gasteiger partial charge in [-0.25, -0.2) is 4.39 Å². The SMILES string of the molecule is O=C(Nc1ccc(F)cc1)c1cccc(NC(=S)NC(=O)c2ccc(Br)o2)c1. The van der Waals surface area contributed by atoms with Crippen molar-refractivity contribution >= 4 is 56.4 Å². The number of nitrogens with one attached hydrogen (secondary N) is 3. The summed E-state index contributed by atoms with van der Waals surface area (Å²) in [7, 11) is 0. The van der Waals surface area contributed by atoms with Crippen LogP contribution in [0.15, 0.2) is 69.8 Å². The van der Waals surface area contributed by atoms with Crippen LogP contribution in [0.2, 0.25) is 0 Å². The zero-order chi connectivity index (χ0) is 20.1. The first-order valence-electron chi connectivity index (χ1n) is 7.95. The van der Waals surface area contributed by atoms with E-state index in [0.29, 0.717) is 21.6 Å². The molecule has 9 heteroatoms. The Morgan fingerprint density at radius 3 is 2.36 bits per heavy atom. The van der Waals surface area contributed by atoms with Gasteiger partial charge in [-0.05, 0) is 82.7 Å². The van der Waals surface area contributed by atoms with Crippen molar-refractivity contribution in [2.75, 3.05) is 10.6 Å². The molecule has 0 spiro atoms. The van der Waals surface area contributed by atoms with Crippen molar-refractivity contribution in [2.24, 2.45) is 0 Å². The molecule has 0 unspecified atom stereocenters. The maximum atomic E-state index is 13.0. The fourth-order valence-electron chi connectivity index (χ4n) is 2.24. The third-order valence-electron chi connectivity index (χ3n) is 3.51. The number of carbonyl (C=O) groups is 2. The van der Waals surface area contributed by atoms with Crippen molar-refractivity contribution < 1.29 is 18.4 Å². The lowest BCUT2D eigenvalue weighted by Gasteiger charge is -2.10. The molecule has 0 aliphatic heterocycles. The van der Waals surface area contributed by atoms with Crippen molar-refractivity contribution in [3.05, 3.63) is 82.5 Å². The standard InChI is InChI=1S/C19H13BrFN3O3S/c20-16-9-8-15(27-16)18(26)24-19(28)23-14-3-1-2-11(10-14)17(25)22-13-6-4-12(21)5-7-13/h1-10H,(H,22,25)(H2,23,24,26,28). The van der Waals surface area contributed by atoms with Gasteiger partial charge in [-0.3, -0.25) is 14.9 Å². The molecule has 2 amide bonds. The molecule has 28 heavy (non-hydrogen) atoms. The number of thiocarbonyl (C=S) groups is 1. The molecule has 0 saturated heterocycles. The van der Waals surface area contributed by atoms with Crippen LogP contribution in [0.1, 0.15) is 20.9 Å². The summed E-state index contributed by atoms with van der Waals surface area (Å²) >= 11 is 8.23. The van der Waals surface area contributed by atoms with Gasteiger partial charge in [0.15, 0.2) is 15.5 Å². The third kappa shape index (κ3) is 5.24. The minimum absolute atomic E-state index is 0.0496. The first-order valence-corrected chi connectivity index (χ1v) is 9.15. The molecule has 0 aliphatic rings. The van der Waals surface area contributed by atoms with E-state index in [1.165, 1.54) is 30.3 Å². The molecular weight excluding hydrogens is 449 g/mol. The largest absolute Gasteiger partial charge is 0.444 e. The molecule has 1 heterocycles. The summed E-state index contributed by atoms with van der Waals surface area (Å²) in [5, 5.41) is 8.03. The highest BCUT2D eigenvalue weighted by Crippen LogP contribution is 2.15. The number of anilines is 2. The molecule has 3 N–H and O–H groups in total. The van der Waals surface area contributed by atoms with Crippen LogP contribution < -0.4 is 16.0 Å². The fraction of sp³-hybridized carbons (Fsp3) is 0. The van der Waals surface area contributed by atoms with Gasteiger partial charge in [0, 0.05) is 16.9 Å². The Labute approximate surface area is 173 Å². The topological polar surface area (TPSA) is 83.4 Å². The van der Waals surface area contributed by atoms with Gasteiger partial charge in [0.2, 0.25) is 0 Å². The van der Waals surface area contributed by atoms with Crippen molar-refractivity contribution in [1.82, 2.24) is 5.32 Å². The van der Waals surface area contributed by atoms with Crippen LogP contribution in [0, 0.1) is 5.82 Å². The van der Waals surface area contributed by atoms with Gasteiger partial charge in [-0.15, -0.1) is 0 Å². The van der Waals surface area contributed by atoms with Crippen molar-refractivity contribution in [2.45, 2.75) is 0 Å². The van der Waals surface area contributed by atoms with Crippen LogP contribution in [0.3, 0.4) is 0 Å². The van der Waals surface area contributed by atoms with E-state index in [2.05, 4.69) is 31.9 Å². The van der Waals surface area contributed by atoms with E-state index in [1.54, 1.807) is 30.3 Å². The summed E-state index contributed by atoms with van der Waals surface area (Å²) in [6.07, 6.45) is 0. The van der Waals surface area contributed by atoms with Gasteiger partial charge in [0.25, 0.3) is 11.8 Å². The molecule has 0 fully saturated rings. The number of hydrogen-bond acceptors (Lipinski definition) is 4. The lowest BCUT2D eigenvalue weighted by Crippen LogP contribution is -2.33. The summed E-state index contributed by atoms with van der Waals surface area (Å²) in [5.41, 5.74) is 1.34. The minimum Gasteiger partial charge on any atom is -0.444 e. The second kappa shape index (κ2) is 8.77. The van der Waals surface area contributed by atoms with Gasteiger partial charge < -0.3 is 15.1 Å². The molecular formula is C19H13BrFN3O3S. The molecule has 0 atom stereocenters. The molecule has 142 valence electrons. The van der Waals surface area contributed by atoms with E-state index >= 15 is 0 Å². The number of amides is 2. The van der Waals surface area contributed by atoms with E-state index in [1.807, 2.05) is 0 Å². The molecule has 3 aromatic rings. The maximum Gasteiger partial charge on any atom is 0.293 e. The number of hydrogen-bond donors (Lipinski definition) is 3. The number of carbonyl (C=O) groups excluding carboxylic acids is 2. The van der Waals surface area contributed by atoms with Gasteiger partial charge in [-0.1, -0.05) is 6.07 Å². The lowest BCUT2D eigenvalue weighted by atomic mass is 10.2. The quantitative estimate of drug-likeness (QED) is 0.496. The molecule has 0 bridgehead atoms. The summed E-state index contributed by atoms with van der Waals surface area (Å²) in [6, 6.07) is 15.1. The maximum absolute atomic E-state index is 13.0. The first-order chi connectivity index (χ1) is 13.4.